The molecule has 2 aromatic heterocycles. The second-order valence-corrected chi connectivity index (χ2v) is 5.61. The Balaban J connectivity index is 2.21. The second-order valence-electron chi connectivity index (χ2n) is 4.63. The number of hydrogen-bond donors (Lipinski definition) is 3. The lowest BCUT2D eigenvalue weighted by Gasteiger charge is -2.18. The summed E-state index contributed by atoms with van der Waals surface area (Å²) >= 11 is 1.74. The van der Waals surface area contributed by atoms with Crippen molar-refractivity contribution in [2.45, 2.75) is 32.4 Å². The number of nitrogens with zero attached hydrogens (tertiary/aromatic N) is 2. The number of nitrogens with two attached hydrogens (primary N) is 1. The highest BCUT2D eigenvalue weighted by Gasteiger charge is 2.13. The van der Waals surface area contributed by atoms with Crippen molar-refractivity contribution in [1.29, 1.82) is 0 Å². The van der Waals surface area contributed by atoms with Crippen LogP contribution >= 0.6 is 11.3 Å². The highest BCUT2D eigenvalue weighted by atomic mass is 32.1. The Bertz CT molecular complexity index is 546. The number of nitrogen functional groups attached to an aromatic ring is 1. The zero-order chi connectivity index (χ0) is 15.1. The van der Waals surface area contributed by atoms with Gasteiger partial charge >= 0.3 is 0 Å². The predicted octanol–water partition coefficient (Wildman–Crippen LogP) is 2.92. The number of methoxy groups -OCH3 is 1. The van der Waals surface area contributed by atoms with E-state index in [2.05, 4.69) is 45.1 Å². The van der Waals surface area contributed by atoms with Crippen molar-refractivity contribution >= 4 is 23.0 Å². The average molecular weight is 307 g/mol. The fourth-order valence-electron chi connectivity index (χ4n) is 2.08. The third-order valence-corrected chi connectivity index (χ3v) is 3.97. The van der Waals surface area contributed by atoms with Crippen LogP contribution in [0.1, 0.15) is 36.5 Å². The van der Waals surface area contributed by atoms with Crippen molar-refractivity contribution in [2.75, 3.05) is 17.9 Å². The molecule has 0 aliphatic heterocycles. The summed E-state index contributed by atoms with van der Waals surface area (Å²) in [6.07, 6.45) is 2.13. The highest BCUT2D eigenvalue weighted by molar-refractivity contribution is 7.10. The van der Waals surface area contributed by atoms with Gasteiger partial charge in [-0.1, -0.05) is 19.4 Å². The first-order valence-electron chi connectivity index (χ1n) is 6.90. The summed E-state index contributed by atoms with van der Waals surface area (Å²) in [5, 5.41) is 5.55. The summed E-state index contributed by atoms with van der Waals surface area (Å²) in [5.74, 6) is 7.37. The van der Waals surface area contributed by atoms with Gasteiger partial charge in [-0.25, -0.2) is 15.8 Å². The number of ether oxygens (including phenoxy) is 1. The van der Waals surface area contributed by atoms with Gasteiger partial charge < -0.3 is 15.5 Å². The summed E-state index contributed by atoms with van der Waals surface area (Å²) < 4.78 is 5.09. The lowest BCUT2D eigenvalue weighted by molar-refractivity contribution is 0.178. The minimum atomic E-state index is 0.242. The van der Waals surface area contributed by atoms with Gasteiger partial charge in [0.1, 0.15) is 18.2 Å². The first-order chi connectivity index (χ1) is 10.3. The largest absolute Gasteiger partial charge is 0.377 e. The summed E-state index contributed by atoms with van der Waals surface area (Å²) in [6, 6.07) is 6.24. The van der Waals surface area contributed by atoms with Crippen molar-refractivity contribution in [1.82, 2.24) is 9.97 Å². The van der Waals surface area contributed by atoms with Gasteiger partial charge in [0.2, 0.25) is 0 Å². The molecular formula is C14H21N5OS. The Morgan fingerprint density at radius 2 is 2.19 bits per heavy atom. The van der Waals surface area contributed by atoms with Gasteiger partial charge in [-0.05, 0) is 17.9 Å². The van der Waals surface area contributed by atoms with Crippen molar-refractivity contribution < 1.29 is 4.74 Å². The summed E-state index contributed by atoms with van der Waals surface area (Å²) in [5.41, 5.74) is 2.56. The minimum Gasteiger partial charge on any atom is -0.377 e. The van der Waals surface area contributed by atoms with Crippen LogP contribution in [0.5, 0.6) is 0 Å². The number of aromatic nitrogens is 2. The third kappa shape index (κ3) is 4.38. The fourth-order valence-corrected chi connectivity index (χ4v) is 2.89. The maximum atomic E-state index is 5.46. The van der Waals surface area contributed by atoms with Crippen molar-refractivity contribution in [3.05, 3.63) is 34.3 Å². The SMILES string of the molecule is CCCC(Nc1cc(NN)nc(COC)n1)c1cccs1. The van der Waals surface area contributed by atoms with Crippen LogP contribution in [0.3, 0.4) is 0 Å². The molecule has 2 aromatic rings. The summed E-state index contributed by atoms with van der Waals surface area (Å²) in [4.78, 5) is 10.0. The van der Waals surface area contributed by atoms with Crippen LogP contribution < -0.4 is 16.6 Å². The lowest BCUT2D eigenvalue weighted by Crippen LogP contribution is -2.15. The topological polar surface area (TPSA) is 85.1 Å². The molecule has 0 amide bonds. The molecule has 7 heteroatoms. The second kappa shape index (κ2) is 7.92. The number of thiophene rings is 1. The molecule has 114 valence electrons. The fraction of sp³-hybridized carbons (Fsp3) is 0.429. The smallest absolute Gasteiger partial charge is 0.158 e. The Labute approximate surface area is 128 Å². The van der Waals surface area contributed by atoms with E-state index < -0.39 is 0 Å². The standard InChI is InChI=1S/C14H21N5OS/c1-3-5-10(11-6-4-7-21-11)16-12-8-13(19-15)18-14(17-12)9-20-2/h4,6-8,10H,3,5,9,15H2,1-2H3,(H2,16,17,18,19). The van der Waals surface area contributed by atoms with Crippen molar-refractivity contribution in [2.24, 2.45) is 5.84 Å². The molecule has 0 saturated heterocycles. The van der Waals surface area contributed by atoms with E-state index in [0.717, 1.165) is 18.7 Å². The Morgan fingerprint density at radius 3 is 2.81 bits per heavy atom. The Hall–Kier alpha value is -1.70. The van der Waals surface area contributed by atoms with Gasteiger partial charge in [0, 0.05) is 18.1 Å². The minimum absolute atomic E-state index is 0.242. The van der Waals surface area contributed by atoms with E-state index in [1.54, 1.807) is 24.5 Å². The van der Waals surface area contributed by atoms with Gasteiger partial charge in [-0.3, -0.25) is 0 Å². The predicted molar refractivity (Wildman–Crippen MR) is 86.1 cm³/mol. The average Bonchev–Trinajstić information content (AvgIpc) is 3.01. The lowest BCUT2D eigenvalue weighted by atomic mass is 10.1. The van der Waals surface area contributed by atoms with Crippen LogP contribution in [0.2, 0.25) is 0 Å². The molecule has 0 aliphatic carbocycles. The van der Waals surface area contributed by atoms with Gasteiger partial charge in [0.05, 0.1) is 6.04 Å². The molecule has 0 bridgehead atoms. The molecule has 1 unspecified atom stereocenters. The molecule has 4 N–H and O–H groups in total. The molecule has 21 heavy (non-hydrogen) atoms. The van der Waals surface area contributed by atoms with Crippen LogP contribution in [-0.2, 0) is 11.3 Å². The van der Waals surface area contributed by atoms with Crippen LogP contribution in [0.4, 0.5) is 11.6 Å². The van der Waals surface area contributed by atoms with Crippen LogP contribution in [0.25, 0.3) is 0 Å². The number of hydrazine groups is 1. The van der Waals surface area contributed by atoms with Crippen LogP contribution in [0, 0.1) is 0 Å². The van der Waals surface area contributed by atoms with E-state index in [4.69, 9.17) is 10.6 Å². The molecule has 0 aromatic carbocycles. The third-order valence-electron chi connectivity index (χ3n) is 2.98. The first kappa shape index (κ1) is 15.7. The molecule has 0 spiro atoms. The summed E-state index contributed by atoms with van der Waals surface area (Å²) in [6.45, 7) is 2.52. The molecular weight excluding hydrogens is 286 g/mol. The van der Waals surface area contributed by atoms with Gasteiger partial charge in [0.25, 0.3) is 0 Å². The van der Waals surface area contributed by atoms with Gasteiger partial charge in [-0.15, -0.1) is 11.3 Å². The molecule has 1 atom stereocenters. The monoisotopic (exact) mass is 307 g/mol. The molecule has 6 nitrogen and oxygen atoms in total. The van der Waals surface area contributed by atoms with E-state index in [9.17, 15) is 0 Å². The van der Waals surface area contributed by atoms with Crippen molar-refractivity contribution in [3.8, 4) is 0 Å². The van der Waals surface area contributed by atoms with Crippen molar-refractivity contribution in [3.63, 3.8) is 0 Å². The molecule has 0 saturated carbocycles. The number of anilines is 2. The van der Waals surface area contributed by atoms with E-state index in [1.807, 2.05) is 0 Å². The zero-order valence-corrected chi connectivity index (χ0v) is 13.1. The number of rotatable bonds is 8. The quantitative estimate of drug-likeness (QED) is 0.513. The maximum Gasteiger partial charge on any atom is 0.158 e. The Kier molecular flexibility index (Phi) is 5.91. The normalized spacial score (nSPS) is 12.1. The molecule has 0 aliphatic rings. The Morgan fingerprint density at radius 1 is 1.38 bits per heavy atom. The number of nitrogens with one attached hydrogen (secondary N) is 2. The maximum absolute atomic E-state index is 5.46. The molecule has 0 fully saturated rings. The molecule has 0 radical (unpaired) electrons. The zero-order valence-electron chi connectivity index (χ0n) is 12.3. The molecule has 2 heterocycles. The number of hydrogen-bond acceptors (Lipinski definition) is 7. The first-order valence-corrected chi connectivity index (χ1v) is 7.78. The molecule has 2 rings (SSSR count). The van der Waals surface area contributed by atoms with E-state index in [-0.39, 0.29) is 6.04 Å². The van der Waals surface area contributed by atoms with E-state index in [0.29, 0.717) is 18.2 Å². The van der Waals surface area contributed by atoms with Crippen LogP contribution in [-0.4, -0.2) is 17.1 Å². The van der Waals surface area contributed by atoms with Gasteiger partial charge in [-0.2, -0.15) is 0 Å². The van der Waals surface area contributed by atoms with Gasteiger partial charge in [0.15, 0.2) is 5.82 Å². The van der Waals surface area contributed by atoms with Crippen LogP contribution in [0.15, 0.2) is 23.6 Å². The summed E-state index contributed by atoms with van der Waals surface area (Å²) in [7, 11) is 1.62. The highest BCUT2D eigenvalue weighted by Crippen LogP contribution is 2.27. The van der Waals surface area contributed by atoms with E-state index >= 15 is 0 Å². The van der Waals surface area contributed by atoms with E-state index in [1.165, 1.54) is 4.88 Å².